The van der Waals surface area contributed by atoms with Crippen molar-refractivity contribution in [1.29, 1.82) is 0 Å². The standard InChI is InChI=1S/C14H10N2O3/c17-13-11(10-3-1-2-4-12(10)16-13)6-9-5-8(7-15-9)14(18)19/h1-7,15H,(H,16,17)(H,18,19)/b11-6-. The van der Waals surface area contributed by atoms with Crippen LogP contribution in [0.1, 0.15) is 21.6 Å². The summed E-state index contributed by atoms with van der Waals surface area (Å²) in [6.45, 7) is 0. The van der Waals surface area contributed by atoms with Crippen molar-refractivity contribution in [3.8, 4) is 0 Å². The van der Waals surface area contributed by atoms with Gasteiger partial charge in [-0.15, -0.1) is 0 Å². The molecule has 0 unspecified atom stereocenters. The van der Waals surface area contributed by atoms with Crippen molar-refractivity contribution in [2.45, 2.75) is 0 Å². The van der Waals surface area contributed by atoms with Crippen molar-refractivity contribution in [3.63, 3.8) is 0 Å². The molecule has 0 saturated heterocycles. The molecular formula is C14H10N2O3. The number of aromatic nitrogens is 1. The number of carbonyl (C=O) groups is 2. The molecule has 5 heteroatoms. The number of rotatable bonds is 2. The van der Waals surface area contributed by atoms with Crippen LogP contribution in [0.4, 0.5) is 5.69 Å². The summed E-state index contributed by atoms with van der Waals surface area (Å²) in [6.07, 6.45) is 3.04. The van der Waals surface area contributed by atoms with Crippen LogP contribution in [0.2, 0.25) is 0 Å². The Hall–Kier alpha value is -2.82. The Labute approximate surface area is 108 Å². The number of nitrogens with one attached hydrogen (secondary N) is 2. The van der Waals surface area contributed by atoms with E-state index < -0.39 is 5.97 Å². The predicted octanol–water partition coefficient (Wildman–Crippen LogP) is 2.21. The Morgan fingerprint density at radius 3 is 2.79 bits per heavy atom. The highest BCUT2D eigenvalue weighted by atomic mass is 16.4. The maximum Gasteiger partial charge on any atom is 0.337 e. The van der Waals surface area contributed by atoms with Crippen LogP contribution in [0.25, 0.3) is 11.6 Å². The van der Waals surface area contributed by atoms with Crippen molar-refractivity contribution < 1.29 is 14.7 Å². The van der Waals surface area contributed by atoms with Crippen LogP contribution in [0.15, 0.2) is 36.5 Å². The van der Waals surface area contributed by atoms with Crippen LogP contribution in [0.5, 0.6) is 0 Å². The minimum absolute atomic E-state index is 0.165. The van der Waals surface area contributed by atoms with Crippen LogP contribution in [0.3, 0.4) is 0 Å². The summed E-state index contributed by atoms with van der Waals surface area (Å²) >= 11 is 0. The molecule has 0 spiro atoms. The van der Waals surface area contributed by atoms with Crippen molar-refractivity contribution in [2.75, 3.05) is 5.32 Å². The van der Waals surface area contributed by atoms with Gasteiger partial charge in [0.25, 0.3) is 5.91 Å². The molecule has 1 aromatic heterocycles. The fourth-order valence-electron chi connectivity index (χ4n) is 2.06. The molecule has 1 aliphatic heterocycles. The number of H-pyrrole nitrogens is 1. The van der Waals surface area contributed by atoms with Gasteiger partial charge in [-0.1, -0.05) is 18.2 Å². The number of fused-ring (bicyclic) bond motifs is 1. The smallest absolute Gasteiger partial charge is 0.337 e. The zero-order valence-electron chi connectivity index (χ0n) is 9.81. The lowest BCUT2D eigenvalue weighted by molar-refractivity contribution is -0.110. The topological polar surface area (TPSA) is 82.2 Å². The van der Waals surface area contributed by atoms with Crippen molar-refractivity contribution in [1.82, 2.24) is 4.98 Å². The van der Waals surface area contributed by atoms with E-state index in [0.29, 0.717) is 11.3 Å². The Morgan fingerprint density at radius 2 is 2.05 bits per heavy atom. The first-order chi connectivity index (χ1) is 9.15. The second kappa shape index (κ2) is 4.13. The van der Waals surface area contributed by atoms with E-state index in [1.807, 2.05) is 24.3 Å². The molecule has 5 nitrogen and oxygen atoms in total. The average molecular weight is 254 g/mol. The van der Waals surface area contributed by atoms with Crippen molar-refractivity contribution in [2.24, 2.45) is 0 Å². The van der Waals surface area contributed by atoms with Gasteiger partial charge in [-0.3, -0.25) is 4.79 Å². The number of aromatic carboxylic acids is 1. The number of carbonyl (C=O) groups excluding carboxylic acids is 1. The van der Waals surface area contributed by atoms with Crippen molar-refractivity contribution in [3.05, 3.63) is 53.3 Å². The Balaban J connectivity index is 2.03. The van der Waals surface area contributed by atoms with Gasteiger partial charge < -0.3 is 15.4 Å². The molecule has 2 heterocycles. The summed E-state index contributed by atoms with van der Waals surface area (Å²) in [5.74, 6) is -1.19. The lowest BCUT2D eigenvalue weighted by atomic mass is 10.1. The highest BCUT2D eigenvalue weighted by Gasteiger charge is 2.23. The van der Waals surface area contributed by atoms with Crippen molar-refractivity contribution >= 4 is 29.2 Å². The first kappa shape index (κ1) is 11.3. The van der Waals surface area contributed by atoms with E-state index >= 15 is 0 Å². The van der Waals surface area contributed by atoms with E-state index in [2.05, 4.69) is 10.3 Å². The van der Waals surface area contributed by atoms with E-state index in [4.69, 9.17) is 5.11 Å². The maximum absolute atomic E-state index is 11.9. The molecular weight excluding hydrogens is 244 g/mol. The van der Waals surface area contributed by atoms with Gasteiger partial charge in [0.05, 0.1) is 11.1 Å². The number of carboxylic acid groups (broad SMARTS) is 1. The minimum Gasteiger partial charge on any atom is -0.478 e. The number of para-hydroxylation sites is 1. The second-order valence-electron chi connectivity index (χ2n) is 4.21. The van der Waals surface area contributed by atoms with Gasteiger partial charge >= 0.3 is 5.97 Å². The second-order valence-corrected chi connectivity index (χ2v) is 4.21. The highest BCUT2D eigenvalue weighted by Crippen LogP contribution is 2.32. The number of anilines is 1. The summed E-state index contributed by atoms with van der Waals surface area (Å²) in [6, 6.07) is 8.86. The zero-order chi connectivity index (χ0) is 13.4. The molecule has 0 bridgehead atoms. The van der Waals surface area contributed by atoms with E-state index in [9.17, 15) is 9.59 Å². The summed E-state index contributed by atoms with van der Waals surface area (Å²) < 4.78 is 0. The third-order valence-electron chi connectivity index (χ3n) is 2.96. The predicted molar refractivity (Wildman–Crippen MR) is 70.7 cm³/mol. The third kappa shape index (κ3) is 1.91. The van der Waals surface area contributed by atoms with Gasteiger partial charge in [0.2, 0.25) is 0 Å². The Bertz CT molecular complexity index is 713. The van der Waals surface area contributed by atoms with Gasteiger partial charge in [-0.05, 0) is 18.2 Å². The van der Waals surface area contributed by atoms with E-state index in [1.54, 1.807) is 6.08 Å². The molecule has 1 amide bonds. The van der Waals surface area contributed by atoms with E-state index in [-0.39, 0.29) is 11.5 Å². The largest absolute Gasteiger partial charge is 0.478 e. The first-order valence-electron chi connectivity index (χ1n) is 5.69. The lowest BCUT2D eigenvalue weighted by Gasteiger charge is -1.96. The SMILES string of the molecule is O=C1Nc2ccccc2/C1=C/c1cc(C(=O)O)c[nH]1. The van der Waals surface area contributed by atoms with Gasteiger partial charge in [0.1, 0.15) is 0 Å². The van der Waals surface area contributed by atoms with Crippen LogP contribution in [-0.4, -0.2) is 22.0 Å². The highest BCUT2D eigenvalue weighted by molar-refractivity contribution is 6.34. The molecule has 0 saturated carbocycles. The number of benzene rings is 1. The number of hydrogen-bond acceptors (Lipinski definition) is 2. The summed E-state index contributed by atoms with van der Waals surface area (Å²) in [5.41, 5.74) is 2.86. The molecule has 1 aliphatic rings. The van der Waals surface area contributed by atoms with Crippen LogP contribution < -0.4 is 5.32 Å². The Morgan fingerprint density at radius 1 is 1.26 bits per heavy atom. The fourth-order valence-corrected chi connectivity index (χ4v) is 2.06. The van der Waals surface area contributed by atoms with Gasteiger partial charge in [-0.25, -0.2) is 4.79 Å². The molecule has 1 aromatic carbocycles. The van der Waals surface area contributed by atoms with Gasteiger partial charge in [0.15, 0.2) is 0 Å². The van der Waals surface area contributed by atoms with Crippen LogP contribution in [0, 0.1) is 0 Å². The maximum atomic E-state index is 11.9. The van der Waals surface area contributed by atoms with E-state index in [0.717, 1.165) is 11.3 Å². The summed E-state index contributed by atoms with van der Waals surface area (Å²) in [7, 11) is 0. The molecule has 3 rings (SSSR count). The molecule has 2 aromatic rings. The third-order valence-corrected chi connectivity index (χ3v) is 2.96. The number of aromatic amines is 1. The fraction of sp³-hybridized carbons (Fsp3) is 0. The Kier molecular flexibility index (Phi) is 2.45. The quantitative estimate of drug-likeness (QED) is 0.718. The monoisotopic (exact) mass is 254 g/mol. The van der Waals surface area contributed by atoms with Crippen LogP contribution >= 0.6 is 0 Å². The van der Waals surface area contributed by atoms with Gasteiger partial charge in [0, 0.05) is 23.1 Å². The number of amides is 1. The molecule has 19 heavy (non-hydrogen) atoms. The molecule has 0 atom stereocenters. The number of carboxylic acids is 1. The van der Waals surface area contributed by atoms with Crippen LogP contribution in [-0.2, 0) is 4.79 Å². The lowest BCUT2D eigenvalue weighted by Crippen LogP contribution is -2.03. The summed E-state index contributed by atoms with van der Waals surface area (Å²) in [5, 5.41) is 11.6. The number of hydrogen-bond donors (Lipinski definition) is 3. The van der Waals surface area contributed by atoms with Gasteiger partial charge in [-0.2, -0.15) is 0 Å². The molecule has 0 fully saturated rings. The molecule has 0 radical (unpaired) electrons. The normalized spacial score (nSPS) is 15.4. The average Bonchev–Trinajstić information content (AvgIpc) is 2.96. The molecule has 0 aliphatic carbocycles. The molecule has 94 valence electrons. The zero-order valence-corrected chi connectivity index (χ0v) is 9.81. The van der Waals surface area contributed by atoms with E-state index in [1.165, 1.54) is 12.3 Å². The first-order valence-corrected chi connectivity index (χ1v) is 5.69. The molecule has 3 N–H and O–H groups in total. The minimum atomic E-state index is -1.00. The summed E-state index contributed by atoms with van der Waals surface area (Å²) in [4.78, 5) is 25.5.